The monoisotopic (exact) mass is 344 g/mol. The molecule has 112 valence electrons. The van der Waals surface area contributed by atoms with Gasteiger partial charge in [-0.25, -0.2) is 4.79 Å². The minimum Gasteiger partial charge on any atom is -0.478 e. The fourth-order valence-electron chi connectivity index (χ4n) is 1.83. The number of rotatable bonds is 7. The number of hydrogen-bond donors (Lipinski definition) is 1. The molecule has 0 aliphatic carbocycles. The Morgan fingerprint density at radius 3 is 2.65 bits per heavy atom. The molecule has 0 fully saturated rings. The van der Waals surface area contributed by atoms with Gasteiger partial charge < -0.3 is 14.6 Å². The van der Waals surface area contributed by atoms with Gasteiger partial charge in [-0.3, -0.25) is 0 Å². The minimum atomic E-state index is -0.674. The van der Waals surface area contributed by atoms with Crippen LogP contribution in [0.25, 0.3) is 0 Å². The van der Waals surface area contributed by atoms with E-state index in [1.165, 1.54) is 0 Å². The Balaban J connectivity index is 2.95. The molecule has 5 heteroatoms. The molecule has 2 unspecified atom stereocenters. The summed E-state index contributed by atoms with van der Waals surface area (Å²) in [6, 6.07) is 5.34. The third-order valence-corrected chi connectivity index (χ3v) is 3.28. The van der Waals surface area contributed by atoms with Gasteiger partial charge >= 0.3 is 5.97 Å². The summed E-state index contributed by atoms with van der Waals surface area (Å²) >= 11 is 3.36. The van der Waals surface area contributed by atoms with Crippen molar-refractivity contribution in [3.63, 3.8) is 0 Å². The topological polar surface area (TPSA) is 55.8 Å². The molecular formula is C15H21BrO4. The lowest BCUT2D eigenvalue weighted by Crippen LogP contribution is -2.29. The van der Waals surface area contributed by atoms with E-state index >= 15 is 0 Å². The maximum atomic E-state index is 11.9. The standard InChI is InChI=1S/C15H21BrO4/c1-4-6-14(15(18)19-5-2)20-13-8-7-11(16)9-12(13)10(3)17/h7-10,14,17H,4-6H2,1-3H3. The fourth-order valence-corrected chi connectivity index (χ4v) is 2.21. The number of ether oxygens (including phenoxy) is 2. The van der Waals surface area contributed by atoms with Gasteiger partial charge in [0, 0.05) is 10.0 Å². The third kappa shape index (κ3) is 4.80. The van der Waals surface area contributed by atoms with Gasteiger partial charge in [0.25, 0.3) is 0 Å². The second kappa shape index (κ2) is 8.27. The van der Waals surface area contributed by atoms with E-state index in [1.807, 2.05) is 13.0 Å². The van der Waals surface area contributed by atoms with Crippen molar-refractivity contribution in [2.75, 3.05) is 6.61 Å². The summed E-state index contributed by atoms with van der Waals surface area (Å²) in [7, 11) is 0. The summed E-state index contributed by atoms with van der Waals surface area (Å²) in [6.45, 7) is 5.73. The molecule has 1 rings (SSSR count). The van der Waals surface area contributed by atoms with Crippen molar-refractivity contribution in [2.45, 2.75) is 45.8 Å². The molecule has 0 bridgehead atoms. The zero-order valence-corrected chi connectivity index (χ0v) is 13.6. The second-order valence-electron chi connectivity index (χ2n) is 4.51. The van der Waals surface area contributed by atoms with Gasteiger partial charge in [-0.05, 0) is 38.5 Å². The summed E-state index contributed by atoms with van der Waals surface area (Å²) < 4.78 is 11.6. The molecule has 1 aromatic carbocycles. The molecule has 0 saturated carbocycles. The average molecular weight is 345 g/mol. The third-order valence-electron chi connectivity index (χ3n) is 2.79. The lowest BCUT2D eigenvalue weighted by atomic mass is 10.1. The molecule has 20 heavy (non-hydrogen) atoms. The number of esters is 1. The van der Waals surface area contributed by atoms with E-state index in [2.05, 4.69) is 15.9 Å². The van der Waals surface area contributed by atoms with Crippen LogP contribution in [-0.4, -0.2) is 23.8 Å². The molecular weight excluding hydrogens is 324 g/mol. The summed E-state index contributed by atoms with van der Waals surface area (Å²) in [5.41, 5.74) is 0.643. The smallest absolute Gasteiger partial charge is 0.347 e. The van der Waals surface area contributed by atoms with E-state index in [9.17, 15) is 9.90 Å². The quantitative estimate of drug-likeness (QED) is 0.767. The summed E-state index contributed by atoms with van der Waals surface area (Å²) in [6.07, 6.45) is 0.0728. The normalized spacial score (nSPS) is 13.7. The van der Waals surface area contributed by atoms with Gasteiger partial charge in [-0.2, -0.15) is 0 Å². The van der Waals surface area contributed by atoms with Crippen molar-refractivity contribution < 1.29 is 19.4 Å². The van der Waals surface area contributed by atoms with Crippen LogP contribution < -0.4 is 4.74 Å². The highest BCUT2D eigenvalue weighted by molar-refractivity contribution is 9.10. The van der Waals surface area contributed by atoms with Gasteiger partial charge in [-0.1, -0.05) is 29.3 Å². The van der Waals surface area contributed by atoms with E-state index in [-0.39, 0.29) is 5.97 Å². The van der Waals surface area contributed by atoms with Crippen molar-refractivity contribution in [1.29, 1.82) is 0 Å². The zero-order chi connectivity index (χ0) is 15.1. The molecule has 0 aliphatic heterocycles. The Bertz CT molecular complexity index is 445. The number of carbonyl (C=O) groups excluding carboxylic acids is 1. The molecule has 0 aliphatic rings. The van der Waals surface area contributed by atoms with Gasteiger partial charge in [-0.15, -0.1) is 0 Å². The summed E-state index contributed by atoms with van der Waals surface area (Å²) in [4.78, 5) is 11.9. The predicted molar refractivity (Wildman–Crippen MR) is 80.7 cm³/mol. The lowest BCUT2D eigenvalue weighted by molar-refractivity contribution is -0.151. The maximum Gasteiger partial charge on any atom is 0.347 e. The number of halogens is 1. The highest BCUT2D eigenvalue weighted by Gasteiger charge is 2.22. The molecule has 0 radical (unpaired) electrons. The van der Waals surface area contributed by atoms with Crippen molar-refractivity contribution in [1.82, 2.24) is 0 Å². The first kappa shape index (κ1) is 17.0. The van der Waals surface area contributed by atoms with E-state index in [1.54, 1.807) is 26.0 Å². The van der Waals surface area contributed by atoms with E-state index in [0.717, 1.165) is 10.9 Å². The Labute approximate surface area is 128 Å². The molecule has 0 amide bonds. The number of aliphatic hydroxyl groups is 1. The van der Waals surface area contributed by atoms with Crippen LogP contribution in [0.2, 0.25) is 0 Å². The molecule has 1 N–H and O–H groups in total. The van der Waals surface area contributed by atoms with Crippen molar-refractivity contribution in [2.24, 2.45) is 0 Å². The van der Waals surface area contributed by atoms with Gasteiger partial charge in [0.1, 0.15) is 5.75 Å². The zero-order valence-electron chi connectivity index (χ0n) is 12.1. The molecule has 1 aromatic rings. The van der Waals surface area contributed by atoms with E-state index < -0.39 is 12.2 Å². The Kier molecular flexibility index (Phi) is 7.02. The molecule has 4 nitrogen and oxygen atoms in total. The predicted octanol–water partition coefficient (Wildman–Crippen LogP) is 3.61. The Morgan fingerprint density at radius 1 is 1.40 bits per heavy atom. The maximum absolute atomic E-state index is 11.9. The van der Waals surface area contributed by atoms with Gasteiger partial charge in [0.05, 0.1) is 12.7 Å². The van der Waals surface area contributed by atoms with Crippen LogP contribution in [-0.2, 0) is 9.53 Å². The van der Waals surface area contributed by atoms with Crippen LogP contribution >= 0.6 is 15.9 Å². The first-order valence-corrected chi connectivity index (χ1v) is 7.59. The minimum absolute atomic E-state index is 0.325. The van der Waals surface area contributed by atoms with Crippen LogP contribution in [0.3, 0.4) is 0 Å². The van der Waals surface area contributed by atoms with Crippen molar-refractivity contribution in [3.8, 4) is 5.75 Å². The number of hydrogen-bond acceptors (Lipinski definition) is 4. The Morgan fingerprint density at radius 2 is 2.10 bits per heavy atom. The molecule has 0 aromatic heterocycles. The van der Waals surface area contributed by atoms with Crippen LogP contribution in [0.1, 0.15) is 45.3 Å². The number of benzene rings is 1. The van der Waals surface area contributed by atoms with Crippen LogP contribution in [0.4, 0.5) is 0 Å². The Hall–Kier alpha value is -1.07. The van der Waals surface area contributed by atoms with Crippen molar-refractivity contribution in [3.05, 3.63) is 28.2 Å². The van der Waals surface area contributed by atoms with Crippen LogP contribution in [0, 0.1) is 0 Å². The van der Waals surface area contributed by atoms with Crippen LogP contribution in [0.15, 0.2) is 22.7 Å². The summed E-state index contributed by atoms with van der Waals surface area (Å²) in [5, 5.41) is 9.80. The highest BCUT2D eigenvalue weighted by atomic mass is 79.9. The van der Waals surface area contributed by atoms with Gasteiger partial charge in [0.15, 0.2) is 6.10 Å². The largest absolute Gasteiger partial charge is 0.478 e. The van der Waals surface area contributed by atoms with Crippen LogP contribution in [0.5, 0.6) is 5.75 Å². The highest BCUT2D eigenvalue weighted by Crippen LogP contribution is 2.29. The first-order valence-electron chi connectivity index (χ1n) is 6.80. The first-order chi connectivity index (χ1) is 9.49. The molecule has 0 heterocycles. The number of aliphatic hydroxyl groups excluding tert-OH is 1. The SMILES string of the molecule is CCCC(Oc1ccc(Br)cc1C(C)O)C(=O)OCC. The number of carbonyl (C=O) groups is 1. The van der Waals surface area contributed by atoms with Crippen molar-refractivity contribution >= 4 is 21.9 Å². The molecule has 2 atom stereocenters. The van der Waals surface area contributed by atoms with Gasteiger partial charge in [0.2, 0.25) is 0 Å². The summed E-state index contributed by atoms with van der Waals surface area (Å²) in [5.74, 6) is 0.142. The van der Waals surface area contributed by atoms with E-state index in [4.69, 9.17) is 9.47 Å². The molecule has 0 saturated heterocycles. The van der Waals surface area contributed by atoms with E-state index in [0.29, 0.717) is 24.3 Å². The second-order valence-corrected chi connectivity index (χ2v) is 5.42. The average Bonchev–Trinajstić information content (AvgIpc) is 2.40. The molecule has 0 spiro atoms. The lowest BCUT2D eigenvalue weighted by Gasteiger charge is -2.20. The fraction of sp³-hybridized carbons (Fsp3) is 0.533.